The van der Waals surface area contributed by atoms with Crippen molar-refractivity contribution in [3.05, 3.63) is 148 Å². The number of hydrogen-bond donors (Lipinski definition) is 4. The summed E-state index contributed by atoms with van der Waals surface area (Å²) in [6.07, 6.45) is 8.59. The van der Waals surface area contributed by atoms with Gasteiger partial charge in [0, 0.05) is 61.3 Å². The number of anilines is 2. The molecule has 2 aliphatic rings. The lowest BCUT2D eigenvalue weighted by Crippen LogP contribution is -2.29. The zero-order valence-electron chi connectivity index (χ0n) is 35.7. The van der Waals surface area contributed by atoms with E-state index in [-0.39, 0.29) is 11.8 Å². The van der Waals surface area contributed by atoms with E-state index in [1.807, 2.05) is 102 Å². The highest BCUT2D eigenvalue weighted by atomic mass is 127. The molecule has 0 radical (unpaired) electrons. The predicted octanol–water partition coefficient (Wildman–Crippen LogP) is 7.22. The lowest BCUT2D eigenvalue weighted by Gasteiger charge is -2.12. The van der Waals surface area contributed by atoms with Crippen LogP contribution in [0.4, 0.5) is 11.6 Å². The van der Waals surface area contributed by atoms with Crippen LogP contribution in [-0.2, 0) is 13.1 Å². The SMILES string of the molecule is Cc1ccc(-c2ccc3c(c2)C(=O)Nc2cccc(n2)-c2nncn2CCCS3)cn1.Cc1ccc(B(O)O)cn1.O=C1Nc2cccc(n2)-c2nncn2CCCSc2ccc(I)cc21. The van der Waals surface area contributed by atoms with Crippen molar-refractivity contribution in [3.63, 3.8) is 0 Å². The van der Waals surface area contributed by atoms with Crippen LogP contribution in [0.2, 0.25) is 0 Å². The van der Waals surface area contributed by atoms with Gasteiger partial charge in [-0.25, -0.2) is 9.97 Å². The third kappa shape index (κ3) is 11.7. The van der Waals surface area contributed by atoms with Crippen LogP contribution in [0.1, 0.15) is 44.9 Å². The summed E-state index contributed by atoms with van der Waals surface area (Å²) in [4.78, 5) is 45.3. The van der Waals surface area contributed by atoms with Gasteiger partial charge in [0.05, 0.1) is 11.1 Å². The summed E-state index contributed by atoms with van der Waals surface area (Å²) in [7, 11) is -1.41. The summed E-state index contributed by atoms with van der Waals surface area (Å²) in [6, 6.07) is 30.3. The second-order valence-corrected chi connectivity index (χ2v) is 18.5. The highest BCUT2D eigenvalue weighted by Crippen LogP contribution is 2.31. The number of benzene rings is 2. The second-order valence-electron chi connectivity index (χ2n) is 15.0. The maximum Gasteiger partial charge on any atom is 0.490 e. The van der Waals surface area contributed by atoms with E-state index in [2.05, 4.69) is 73.6 Å². The molecule has 0 saturated heterocycles. The number of fused-ring (bicyclic) bond motifs is 10. The maximum absolute atomic E-state index is 13.2. The van der Waals surface area contributed by atoms with E-state index in [0.717, 1.165) is 73.3 Å². The Morgan fingerprint density at radius 3 is 1.70 bits per heavy atom. The molecule has 0 unspecified atom stereocenters. The summed E-state index contributed by atoms with van der Waals surface area (Å²) in [5, 5.41) is 39.6. The molecule has 6 aromatic heterocycles. The largest absolute Gasteiger partial charge is 0.490 e. The predicted molar refractivity (Wildman–Crippen MR) is 265 cm³/mol. The average Bonchev–Trinajstić information content (AvgIpc) is 4.00. The molecule has 4 N–H and O–H groups in total. The summed E-state index contributed by atoms with van der Waals surface area (Å²) in [5.41, 5.74) is 6.88. The Balaban J connectivity index is 0.000000151. The monoisotopic (exact) mass is 1030 g/mol. The molecule has 2 aromatic carbocycles. The van der Waals surface area contributed by atoms with Gasteiger partial charge in [-0.05, 0) is 133 Å². The number of carbonyl (C=O) groups excluding carboxylic acids is 2. The van der Waals surface area contributed by atoms with Crippen LogP contribution in [-0.4, -0.2) is 90.0 Å². The number of halogens is 1. The quantitative estimate of drug-likeness (QED) is 0.0995. The first-order valence-electron chi connectivity index (χ1n) is 20.8. The summed E-state index contributed by atoms with van der Waals surface area (Å²) in [5.74, 6) is 3.85. The highest BCUT2D eigenvalue weighted by Gasteiger charge is 2.19. The minimum atomic E-state index is -1.41. The summed E-state index contributed by atoms with van der Waals surface area (Å²) < 4.78 is 5.03. The standard InChI is InChI=1S/C23H20N6OS.C17H14IN5OS.C6H8BNO2/c1-15-6-7-17(13-24-15)16-8-9-20-18(12-16)23(30)27-21-5-2-4-19(26-21)22-28-25-14-29(22)10-3-11-31-20;18-11-5-6-14-12(9-11)17(24)21-15-4-1-3-13(20-15)16-22-19-10-23(16)7-2-8-25-14;1-5-2-3-6(4-8-5)7(9)10/h2,4-9,12-14H,3,10-11H2,1H3,(H,26,27,30);1,3-6,9-10H,2,7-8H2,(H,20,21,24);2-4,9-10H,1H3. The molecule has 8 aromatic rings. The van der Waals surface area contributed by atoms with E-state index >= 15 is 0 Å². The minimum absolute atomic E-state index is 0.147. The Kier molecular flexibility index (Phi) is 15.2. The zero-order valence-corrected chi connectivity index (χ0v) is 39.5. The molecule has 0 aliphatic carbocycles. The molecule has 332 valence electrons. The van der Waals surface area contributed by atoms with Crippen molar-refractivity contribution in [1.29, 1.82) is 0 Å². The van der Waals surface area contributed by atoms with Crippen molar-refractivity contribution in [2.75, 3.05) is 22.1 Å². The summed E-state index contributed by atoms with van der Waals surface area (Å²) in [6.45, 7) is 5.39. The van der Waals surface area contributed by atoms with E-state index in [9.17, 15) is 9.59 Å². The molecule has 0 fully saturated rings. The van der Waals surface area contributed by atoms with Crippen LogP contribution in [0.15, 0.2) is 132 Å². The molecule has 0 spiro atoms. The molecular formula is C46H42BIN12O4S2. The number of nitrogens with one attached hydrogen (secondary N) is 2. The number of amides is 2. The second kappa shape index (κ2) is 21.8. The number of aromatic nitrogens is 10. The van der Waals surface area contributed by atoms with Gasteiger partial charge in [-0.15, -0.1) is 43.9 Å². The molecule has 8 heterocycles. The first-order valence-corrected chi connectivity index (χ1v) is 23.9. The van der Waals surface area contributed by atoms with Gasteiger partial charge < -0.3 is 29.8 Å². The highest BCUT2D eigenvalue weighted by molar-refractivity contribution is 14.1. The molecule has 2 amide bonds. The number of carbonyl (C=O) groups is 2. The number of aryl methyl sites for hydroxylation is 4. The van der Waals surface area contributed by atoms with Crippen LogP contribution >= 0.6 is 46.1 Å². The fourth-order valence-electron chi connectivity index (χ4n) is 6.78. The lowest BCUT2D eigenvalue weighted by molar-refractivity contribution is 0.101. The molecule has 0 atom stereocenters. The van der Waals surface area contributed by atoms with Gasteiger partial charge in [0.1, 0.15) is 35.7 Å². The van der Waals surface area contributed by atoms with E-state index in [1.54, 1.807) is 60.4 Å². The van der Waals surface area contributed by atoms with Crippen molar-refractivity contribution < 1.29 is 19.6 Å². The van der Waals surface area contributed by atoms with Crippen LogP contribution in [0.25, 0.3) is 34.2 Å². The molecule has 2 aliphatic heterocycles. The number of rotatable bonds is 2. The van der Waals surface area contributed by atoms with E-state index in [4.69, 9.17) is 10.0 Å². The van der Waals surface area contributed by atoms with Crippen molar-refractivity contribution in [2.24, 2.45) is 0 Å². The van der Waals surface area contributed by atoms with Gasteiger partial charge in [-0.2, -0.15) is 0 Å². The molecule has 4 bridgehead atoms. The van der Waals surface area contributed by atoms with Gasteiger partial charge >= 0.3 is 7.12 Å². The number of thioether (sulfide) groups is 2. The Morgan fingerprint density at radius 1 is 0.636 bits per heavy atom. The van der Waals surface area contributed by atoms with Crippen molar-refractivity contribution in [1.82, 2.24) is 49.5 Å². The van der Waals surface area contributed by atoms with Crippen LogP contribution in [0.3, 0.4) is 0 Å². The van der Waals surface area contributed by atoms with Crippen LogP contribution < -0.4 is 16.1 Å². The zero-order chi connectivity index (χ0) is 46.0. The van der Waals surface area contributed by atoms with Crippen molar-refractivity contribution in [2.45, 2.75) is 49.6 Å². The van der Waals surface area contributed by atoms with E-state index in [0.29, 0.717) is 51.3 Å². The Hall–Kier alpha value is -6.33. The molecule has 66 heavy (non-hydrogen) atoms. The summed E-state index contributed by atoms with van der Waals surface area (Å²) >= 11 is 5.59. The van der Waals surface area contributed by atoms with E-state index < -0.39 is 7.12 Å². The van der Waals surface area contributed by atoms with Crippen LogP contribution in [0.5, 0.6) is 0 Å². The Bertz CT molecular complexity index is 2970. The van der Waals surface area contributed by atoms with Crippen LogP contribution in [0, 0.1) is 17.4 Å². The van der Waals surface area contributed by atoms with Gasteiger partial charge in [0.25, 0.3) is 11.8 Å². The van der Waals surface area contributed by atoms with Gasteiger partial charge in [0.2, 0.25) is 0 Å². The molecule has 16 nitrogen and oxygen atoms in total. The lowest BCUT2D eigenvalue weighted by atomic mass is 9.82. The molecular weight excluding hydrogens is 986 g/mol. The smallest absolute Gasteiger partial charge is 0.423 e. The first-order chi connectivity index (χ1) is 32.1. The van der Waals surface area contributed by atoms with Crippen molar-refractivity contribution in [3.8, 4) is 34.2 Å². The third-order valence-corrected chi connectivity index (χ3v) is 13.2. The number of nitrogens with zero attached hydrogens (tertiary/aromatic N) is 10. The average molecular weight is 1030 g/mol. The Labute approximate surface area is 402 Å². The fourth-order valence-corrected chi connectivity index (χ4v) is 9.20. The maximum atomic E-state index is 13.2. The van der Waals surface area contributed by atoms with E-state index in [1.165, 1.54) is 6.20 Å². The van der Waals surface area contributed by atoms with Crippen molar-refractivity contribution >= 4 is 82.1 Å². The third-order valence-electron chi connectivity index (χ3n) is 10.2. The first kappa shape index (κ1) is 46.2. The molecule has 10 rings (SSSR count). The molecule has 0 saturated carbocycles. The Morgan fingerprint density at radius 2 is 1.17 bits per heavy atom. The fraction of sp³-hybridized carbons (Fsp3) is 0.174. The molecule has 20 heteroatoms. The normalized spacial score (nSPS) is 13.3. The minimum Gasteiger partial charge on any atom is -0.423 e. The van der Waals surface area contributed by atoms with Gasteiger partial charge in [-0.1, -0.05) is 30.3 Å². The van der Waals surface area contributed by atoms with Gasteiger partial charge in [0.15, 0.2) is 11.6 Å². The van der Waals surface area contributed by atoms with Gasteiger partial charge in [-0.3, -0.25) is 19.6 Å². The number of pyridine rings is 4. The number of hydrogen-bond acceptors (Lipinski definition) is 14. The topological polar surface area (TPSA) is 212 Å².